The maximum Gasteiger partial charge on any atom is 0.344 e. The predicted molar refractivity (Wildman–Crippen MR) is 74.2 cm³/mol. The highest BCUT2D eigenvalue weighted by molar-refractivity contribution is 7.99. The fraction of sp³-hybridized carbons (Fsp3) is 0.385. The molecule has 0 bridgehead atoms. The standard InChI is InChI=1S/C13H15FN4OS/c1-7(15)9-3-2-4-10(14)11(9)20-13-17-16-12(19)18(13)8-5-6-8/h2-4,7-8H,5-6,15H2,1H3,(H,16,19)/t7-/m1/s1. The van der Waals surface area contributed by atoms with Crippen LogP contribution in [0.4, 0.5) is 4.39 Å². The third-order valence-corrected chi connectivity index (χ3v) is 4.37. The van der Waals surface area contributed by atoms with Crippen molar-refractivity contribution in [1.29, 1.82) is 0 Å². The Morgan fingerprint density at radius 2 is 2.30 bits per heavy atom. The number of hydrogen-bond donors (Lipinski definition) is 2. The second-order valence-corrected chi connectivity index (χ2v) is 5.94. The van der Waals surface area contributed by atoms with Gasteiger partial charge in [-0.15, -0.1) is 5.10 Å². The van der Waals surface area contributed by atoms with E-state index in [1.54, 1.807) is 23.6 Å². The normalized spacial score (nSPS) is 16.4. The zero-order valence-electron chi connectivity index (χ0n) is 11.0. The molecule has 0 radical (unpaired) electrons. The van der Waals surface area contributed by atoms with E-state index in [-0.39, 0.29) is 23.6 Å². The van der Waals surface area contributed by atoms with E-state index in [0.29, 0.717) is 15.6 Å². The second kappa shape index (κ2) is 5.06. The third kappa shape index (κ3) is 2.38. The minimum atomic E-state index is -0.345. The molecule has 3 rings (SSSR count). The molecule has 1 aliphatic rings. The molecule has 1 saturated carbocycles. The molecule has 1 aromatic carbocycles. The summed E-state index contributed by atoms with van der Waals surface area (Å²) in [6.07, 6.45) is 1.93. The lowest BCUT2D eigenvalue weighted by Crippen LogP contribution is -2.16. The van der Waals surface area contributed by atoms with Gasteiger partial charge in [-0.05, 0) is 43.2 Å². The number of rotatable bonds is 4. The third-order valence-electron chi connectivity index (χ3n) is 3.27. The summed E-state index contributed by atoms with van der Waals surface area (Å²) in [5.41, 5.74) is 6.35. The van der Waals surface area contributed by atoms with E-state index in [4.69, 9.17) is 5.73 Å². The van der Waals surface area contributed by atoms with Crippen LogP contribution < -0.4 is 11.4 Å². The van der Waals surface area contributed by atoms with Crippen LogP contribution in [0.3, 0.4) is 0 Å². The lowest BCUT2D eigenvalue weighted by Gasteiger charge is -2.12. The molecule has 0 saturated heterocycles. The van der Waals surface area contributed by atoms with Gasteiger partial charge in [0.2, 0.25) is 0 Å². The molecule has 0 aliphatic heterocycles. The summed E-state index contributed by atoms with van der Waals surface area (Å²) >= 11 is 1.15. The van der Waals surface area contributed by atoms with E-state index in [9.17, 15) is 9.18 Å². The van der Waals surface area contributed by atoms with E-state index >= 15 is 0 Å². The summed E-state index contributed by atoms with van der Waals surface area (Å²) < 4.78 is 15.6. The van der Waals surface area contributed by atoms with E-state index in [0.717, 1.165) is 24.6 Å². The Hall–Kier alpha value is -1.60. The molecule has 1 fully saturated rings. The van der Waals surface area contributed by atoms with E-state index in [1.165, 1.54) is 6.07 Å². The topological polar surface area (TPSA) is 76.7 Å². The van der Waals surface area contributed by atoms with Crippen molar-refractivity contribution in [2.75, 3.05) is 0 Å². The van der Waals surface area contributed by atoms with Crippen LogP contribution in [-0.2, 0) is 0 Å². The average Bonchev–Trinajstić information content (AvgIpc) is 3.17. The largest absolute Gasteiger partial charge is 0.344 e. The summed E-state index contributed by atoms with van der Waals surface area (Å²) in [6.45, 7) is 1.80. The molecule has 0 spiro atoms. The SMILES string of the molecule is C[C@@H](N)c1cccc(F)c1Sc1n[nH]c(=O)n1C1CC1. The summed E-state index contributed by atoms with van der Waals surface area (Å²) in [6, 6.07) is 4.72. The smallest absolute Gasteiger partial charge is 0.324 e. The number of benzene rings is 1. The summed E-state index contributed by atoms with van der Waals surface area (Å²) in [5, 5.41) is 6.91. The van der Waals surface area contributed by atoms with Crippen molar-refractivity contribution in [2.24, 2.45) is 5.73 Å². The maximum atomic E-state index is 14.0. The van der Waals surface area contributed by atoms with Crippen LogP contribution in [0.1, 0.15) is 37.4 Å². The first-order valence-corrected chi connectivity index (χ1v) is 7.28. The molecular formula is C13H15FN4OS. The zero-order valence-corrected chi connectivity index (χ0v) is 11.8. The molecule has 7 heteroatoms. The van der Waals surface area contributed by atoms with Crippen molar-refractivity contribution in [1.82, 2.24) is 14.8 Å². The number of nitrogens with two attached hydrogens (primary N) is 1. The number of nitrogens with zero attached hydrogens (tertiary/aromatic N) is 2. The van der Waals surface area contributed by atoms with Gasteiger partial charge in [0, 0.05) is 12.1 Å². The van der Waals surface area contributed by atoms with Crippen LogP contribution in [0.5, 0.6) is 0 Å². The Labute approximate surface area is 119 Å². The number of halogens is 1. The molecule has 1 heterocycles. The predicted octanol–water partition coefficient (Wildman–Crippen LogP) is 2.22. The Morgan fingerprint density at radius 1 is 1.55 bits per heavy atom. The summed E-state index contributed by atoms with van der Waals surface area (Å²) in [5.74, 6) is -0.345. The molecular weight excluding hydrogens is 279 g/mol. The van der Waals surface area contributed by atoms with E-state index < -0.39 is 0 Å². The lowest BCUT2D eigenvalue weighted by molar-refractivity contribution is 0.589. The van der Waals surface area contributed by atoms with Crippen molar-refractivity contribution >= 4 is 11.8 Å². The first kappa shape index (κ1) is 13.4. The van der Waals surface area contributed by atoms with Gasteiger partial charge >= 0.3 is 5.69 Å². The van der Waals surface area contributed by atoms with Crippen LogP contribution in [0.2, 0.25) is 0 Å². The molecule has 106 valence electrons. The monoisotopic (exact) mass is 294 g/mol. The van der Waals surface area contributed by atoms with E-state index in [1.807, 2.05) is 0 Å². The van der Waals surface area contributed by atoms with Gasteiger partial charge in [0.1, 0.15) is 5.82 Å². The molecule has 3 N–H and O–H groups in total. The van der Waals surface area contributed by atoms with Crippen LogP contribution in [0.15, 0.2) is 33.0 Å². The van der Waals surface area contributed by atoms with Crippen LogP contribution in [0, 0.1) is 5.82 Å². The minimum absolute atomic E-state index is 0.189. The number of hydrogen-bond acceptors (Lipinski definition) is 4. The van der Waals surface area contributed by atoms with Gasteiger partial charge in [0.05, 0.1) is 4.90 Å². The van der Waals surface area contributed by atoms with Crippen molar-refractivity contribution in [2.45, 2.75) is 41.9 Å². The number of nitrogens with one attached hydrogen (secondary N) is 1. The molecule has 5 nitrogen and oxygen atoms in total. The Bertz CT molecular complexity index is 690. The van der Waals surface area contributed by atoms with Gasteiger partial charge in [0.15, 0.2) is 5.16 Å². The van der Waals surface area contributed by atoms with Crippen molar-refractivity contribution < 1.29 is 4.39 Å². The van der Waals surface area contributed by atoms with Gasteiger partial charge in [0.25, 0.3) is 0 Å². The second-order valence-electron chi connectivity index (χ2n) is 4.96. The molecule has 2 aromatic rings. The van der Waals surface area contributed by atoms with Crippen molar-refractivity contribution in [3.63, 3.8) is 0 Å². The highest BCUT2D eigenvalue weighted by Crippen LogP contribution is 2.39. The van der Waals surface area contributed by atoms with E-state index in [2.05, 4.69) is 10.2 Å². The Kier molecular flexibility index (Phi) is 3.39. The van der Waals surface area contributed by atoms with Gasteiger partial charge in [-0.3, -0.25) is 4.57 Å². The van der Waals surface area contributed by atoms with Crippen molar-refractivity contribution in [3.8, 4) is 0 Å². The van der Waals surface area contributed by atoms with Gasteiger partial charge < -0.3 is 5.73 Å². The first-order valence-electron chi connectivity index (χ1n) is 6.46. The molecule has 1 atom stereocenters. The van der Waals surface area contributed by atoms with Crippen LogP contribution >= 0.6 is 11.8 Å². The fourth-order valence-electron chi connectivity index (χ4n) is 2.10. The molecule has 0 amide bonds. The highest BCUT2D eigenvalue weighted by Gasteiger charge is 2.29. The zero-order chi connectivity index (χ0) is 14.3. The van der Waals surface area contributed by atoms with Gasteiger partial charge in [-0.25, -0.2) is 14.3 Å². The van der Waals surface area contributed by atoms with Crippen LogP contribution in [-0.4, -0.2) is 14.8 Å². The highest BCUT2D eigenvalue weighted by atomic mass is 32.2. The number of aromatic nitrogens is 3. The molecule has 1 aromatic heterocycles. The summed E-state index contributed by atoms with van der Waals surface area (Å²) in [7, 11) is 0. The Morgan fingerprint density at radius 3 is 2.95 bits per heavy atom. The molecule has 20 heavy (non-hydrogen) atoms. The molecule has 0 unspecified atom stereocenters. The minimum Gasteiger partial charge on any atom is -0.324 e. The molecule has 1 aliphatic carbocycles. The summed E-state index contributed by atoms with van der Waals surface area (Å²) in [4.78, 5) is 12.2. The van der Waals surface area contributed by atoms with Crippen LogP contribution in [0.25, 0.3) is 0 Å². The van der Waals surface area contributed by atoms with Gasteiger partial charge in [-0.2, -0.15) is 0 Å². The first-order chi connectivity index (χ1) is 9.58. The van der Waals surface area contributed by atoms with Crippen molar-refractivity contribution in [3.05, 3.63) is 40.1 Å². The number of H-pyrrole nitrogens is 1. The fourth-order valence-corrected chi connectivity index (χ4v) is 3.24. The average molecular weight is 294 g/mol. The quantitative estimate of drug-likeness (QED) is 0.906. The van der Waals surface area contributed by atoms with Gasteiger partial charge in [-0.1, -0.05) is 12.1 Å². The lowest BCUT2D eigenvalue weighted by atomic mass is 10.1. The maximum absolute atomic E-state index is 14.0. The Balaban J connectivity index is 2.02. The number of aromatic amines is 1.